The summed E-state index contributed by atoms with van der Waals surface area (Å²) >= 11 is 3.30. The van der Waals surface area contributed by atoms with Crippen molar-refractivity contribution in [3.63, 3.8) is 0 Å². The number of halogens is 2. The van der Waals surface area contributed by atoms with E-state index in [2.05, 4.69) is 35.1 Å². The lowest BCUT2D eigenvalue weighted by Crippen LogP contribution is -2.30. The Hall–Kier alpha value is -0.410. The summed E-state index contributed by atoms with van der Waals surface area (Å²) in [5.41, 5.74) is 1.21. The molecule has 3 atom stereocenters. The number of hydrogen-bond acceptors (Lipinski definition) is 1. The predicted molar refractivity (Wildman–Crippen MR) is 81.6 cm³/mol. The van der Waals surface area contributed by atoms with Crippen LogP contribution in [-0.2, 0) is 0 Å². The fourth-order valence-corrected chi connectivity index (χ4v) is 3.59. The van der Waals surface area contributed by atoms with Crippen molar-refractivity contribution in [1.82, 2.24) is 5.32 Å². The van der Waals surface area contributed by atoms with Gasteiger partial charge < -0.3 is 5.32 Å². The summed E-state index contributed by atoms with van der Waals surface area (Å²) in [6, 6.07) is 5.79. The van der Waals surface area contributed by atoms with Gasteiger partial charge in [0, 0.05) is 6.04 Å². The number of nitrogens with one attached hydrogen (secondary N) is 1. The van der Waals surface area contributed by atoms with Crippen LogP contribution in [0, 0.1) is 17.7 Å². The van der Waals surface area contributed by atoms with E-state index in [9.17, 15) is 4.39 Å². The Labute approximate surface area is 124 Å². The smallest absolute Gasteiger partial charge is 0.137 e. The molecule has 19 heavy (non-hydrogen) atoms. The summed E-state index contributed by atoms with van der Waals surface area (Å²) in [7, 11) is 0. The van der Waals surface area contributed by atoms with Crippen LogP contribution >= 0.6 is 15.9 Å². The predicted octanol–water partition coefficient (Wildman–Crippen LogP) is 5.07. The zero-order valence-corrected chi connectivity index (χ0v) is 13.3. The van der Waals surface area contributed by atoms with Gasteiger partial charge in [-0.25, -0.2) is 4.39 Å². The molecule has 3 heteroatoms. The van der Waals surface area contributed by atoms with Gasteiger partial charge in [0.05, 0.1) is 4.47 Å². The van der Waals surface area contributed by atoms with Gasteiger partial charge in [-0.2, -0.15) is 0 Å². The molecule has 0 spiro atoms. The Balaban J connectivity index is 2.22. The molecule has 0 bridgehead atoms. The van der Waals surface area contributed by atoms with Gasteiger partial charge in [0.15, 0.2) is 0 Å². The first-order valence-electron chi connectivity index (χ1n) is 7.31. The van der Waals surface area contributed by atoms with Gasteiger partial charge >= 0.3 is 0 Å². The molecule has 0 aliphatic heterocycles. The van der Waals surface area contributed by atoms with Gasteiger partial charge in [-0.1, -0.05) is 32.8 Å². The van der Waals surface area contributed by atoms with E-state index in [4.69, 9.17) is 0 Å². The van der Waals surface area contributed by atoms with Crippen LogP contribution in [0.3, 0.4) is 0 Å². The highest BCUT2D eigenvalue weighted by atomic mass is 79.9. The molecular formula is C16H23BrFN. The van der Waals surface area contributed by atoms with Crippen molar-refractivity contribution in [2.45, 2.75) is 45.6 Å². The van der Waals surface area contributed by atoms with Gasteiger partial charge in [-0.05, 0) is 64.8 Å². The van der Waals surface area contributed by atoms with Crippen LogP contribution in [0.1, 0.15) is 51.1 Å². The van der Waals surface area contributed by atoms with E-state index in [1.54, 1.807) is 6.07 Å². The minimum Gasteiger partial charge on any atom is -0.310 e. The molecule has 1 aromatic carbocycles. The van der Waals surface area contributed by atoms with E-state index in [1.165, 1.54) is 24.8 Å². The highest BCUT2D eigenvalue weighted by molar-refractivity contribution is 9.10. The van der Waals surface area contributed by atoms with Crippen LogP contribution < -0.4 is 5.32 Å². The molecule has 2 rings (SSSR count). The molecule has 106 valence electrons. The molecule has 1 nitrogen and oxygen atoms in total. The van der Waals surface area contributed by atoms with Crippen LogP contribution in [0.15, 0.2) is 22.7 Å². The molecule has 1 saturated carbocycles. The van der Waals surface area contributed by atoms with Crippen molar-refractivity contribution < 1.29 is 4.39 Å². The Bertz CT molecular complexity index is 421. The standard InChI is InChI=1S/C16H23BrFN/c1-3-9-19-16(13-6-4-5-11(13)2)12-7-8-15(18)14(17)10-12/h7-8,10-11,13,16,19H,3-6,9H2,1-2H3. The van der Waals surface area contributed by atoms with Crippen molar-refractivity contribution in [3.05, 3.63) is 34.1 Å². The van der Waals surface area contributed by atoms with Gasteiger partial charge in [-0.3, -0.25) is 0 Å². The Kier molecular flexibility index (Phi) is 5.40. The zero-order valence-electron chi connectivity index (χ0n) is 11.8. The lowest BCUT2D eigenvalue weighted by atomic mass is 9.86. The summed E-state index contributed by atoms with van der Waals surface area (Å²) in [6.45, 7) is 5.54. The molecule has 1 aromatic rings. The van der Waals surface area contributed by atoms with Crippen LogP contribution in [-0.4, -0.2) is 6.54 Å². The van der Waals surface area contributed by atoms with Gasteiger partial charge in [-0.15, -0.1) is 0 Å². The number of hydrogen-bond donors (Lipinski definition) is 1. The molecule has 0 aromatic heterocycles. The lowest BCUT2D eigenvalue weighted by Gasteiger charge is -2.28. The van der Waals surface area contributed by atoms with E-state index in [0.29, 0.717) is 16.4 Å². The first kappa shape index (κ1) is 15.0. The summed E-state index contributed by atoms with van der Waals surface area (Å²) in [5.74, 6) is 1.24. The zero-order chi connectivity index (χ0) is 13.8. The van der Waals surface area contributed by atoms with Gasteiger partial charge in [0.1, 0.15) is 5.82 Å². The topological polar surface area (TPSA) is 12.0 Å². The van der Waals surface area contributed by atoms with Crippen molar-refractivity contribution in [1.29, 1.82) is 0 Å². The van der Waals surface area contributed by atoms with Crippen molar-refractivity contribution in [3.8, 4) is 0 Å². The second-order valence-corrected chi connectivity index (χ2v) is 6.53. The average molecular weight is 328 g/mol. The first-order chi connectivity index (χ1) is 9.13. The van der Waals surface area contributed by atoms with E-state index in [0.717, 1.165) is 18.9 Å². The van der Waals surface area contributed by atoms with Crippen LogP contribution in [0.5, 0.6) is 0 Å². The van der Waals surface area contributed by atoms with Gasteiger partial charge in [0.25, 0.3) is 0 Å². The van der Waals surface area contributed by atoms with Crippen LogP contribution in [0.2, 0.25) is 0 Å². The summed E-state index contributed by atoms with van der Waals surface area (Å²) in [4.78, 5) is 0. The molecular weight excluding hydrogens is 305 g/mol. The van der Waals surface area contributed by atoms with Crippen molar-refractivity contribution in [2.24, 2.45) is 11.8 Å². The molecule has 3 unspecified atom stereocenters. The van der Waals surface area contributed by atoms with Crippen molar-refractivity contribution in [2.75, 3.05) is 6.54 Å². The van der Waals surface area contributed by atoms with Crippen LogP contribution in [0.4, 0.5) is 4.39 Å². The Morgan fingerprint density at radius 3 is 2.79 bits per heavy atom. The third-order valence-electron chi connectivity index (χ3n) is 4.27. The minimum atomic E-state index is -0.183. The van der Waals surface area contributed by atoms with E-state index < -0.39 is 0 Å². The fraction of sp³-hybridized carbons (Fsp3) is 0.625. The number of benzene rings is 1. The monoisotopic (exact) mass is 327 g/mol. The highest BCUT2D eigenvalue weighted by Gasteiger charge is 2.31. The Morgan fingerprint density at radius 1 is 1.42 bits per heavy atom. The summed E-state index contributed by atoms with van der Waals surface area (Å²) in [6.07, 6.45) is 5.04. The van der Waals surface area contributed by atoms with Crippen LogP contribution in [0.25, 0.3) is 0 Å². The molecule has 0 saturated heterocycles. The average Bonchev–Trinajstić information content (AvgIpc) is 2.80. The molecule has 1 aliphatic rings. The maximum absolute atomic E-state index is 13.4. The molecule has 0 amide bonds. The lowest BCUT2D eigenvalue weighted by molar-refractivity contribution is 0.302. The summed E-state index contributed by atoms with van der Waals surface area (Å²) in [5, 5.41) is 3.66. The quantitative estimate of drug-likeness (QED) is 0.796. The second kappa shape index (κ2) is 6.85. The largest absolute Gasteiger partial charge is 0.310 e. The normalized spacial score (nSPS) is 24.6. The Morgan fingerprint density at radius 2 is 2.21 bits per heavy atom. The van der Waals surface area contributed by atoms with Crippen molar-refractivity contribution >= 4 is 15.9 Å². The SMILES string of the molecule is CCCNC(c1ccc(F)c(Br)c1)C1CCCC1C. The molecule has 1 aliphatic carbocycles. The fourth-order valence-electron chi connectivity index (χ4n) is 3.19. The molecule has 1 fully saturated rings. The van der Waals surface area contributed by atoms with E-state index >= 15 is 0 Å². The maximum Gasteiger partial charge on any atom is 0.137 e. The summed E-state index contributed by atoms with van der Waals surface area (Å²) < 4.78 is 14.0. The maximum atomic E-state index is 13.4. The van der Waals surface area contributed by atoms with Gasteiger partial charge in [0.2, 0.25) is 0 Å². The number of rotatable bonds is 5. The van der Waals surface area contributed by atoms with E-state index in [-0.39, 0.29) is 5.82 Å². The first-order valence-corrected chi connectivity index (χ1v) is 8.11. The molecule has 0 heterocycles. The minimum absolute atomic E-state index is 0.183. The molecule has 1 N–H and O–H groups in total. The third kappa shape index (κ3) is 3.57. The molecule has 0 radical (unpaired) electrons. The highest BCUT2D eigenvalue weighted by Crippen LogP contribution is 2.40. The third-order valence-corrected chi connectivity index (χ3v) is 4.88. The van der Waals surface area contributed by atoms with E-state index in [1.807, 2.05) is 12.1 Å². The second-order valence-electron chi connectivity index (χ2n) is 5.68.